The lowest BCUT2D eigenvalue weighted by molar-refractivity contribution is -0.250. The molecule has 0 heterocycles. The Balaban J connectivity index is 1.74. The van der Waals surface area contributed by atoms with Crippen molar-refractivity contribution in [2.75, 3.05) is 5.32 Å². The molecule has 0 bridgehead atoms. The fourth-order valence-corrected chi connectivity index (χ4v) is 3.74. The van der Waals surface area contributed by atoms with Crippen molar-refractivity contribution in [2.24, 2.45) is 0 Å². The van der Waals surface area contributed by atoms with Crippen LogP contribution in [0.5, 0.6) is 5.75 Å². The summed E-state index contributed by atoms with van der Waals surface area (Å²) in [5, 5.41) is 12.4. The van der Waals surface area contributed by atoms with Crippen LogP contribution in [-0.4, -0.2) is 17.0 Å². The Kier molecular flexibility index (Phi) is 7.88. The second-order valence-corrected chi connectivity index (χ2v) is 8.60. The molecule has 0 spiro atoms. The Bertz CT molecular complexity index is 1190. The molecule has 10 heteroatoms. The van der Waals surface area contributed by atoms with Gasteiger partial charge in [-0.1, -0.05) is 41.5 Å². The topological polar surface area (TPSA) is 41.5 Å². The SMILES string of the molecule is Cc1cc(C)cc(COc2cccc(NC(O)(CCc3ccc(C(F)(F)F)cc3F)C(F)(F)F)c2)c1. The summed E-state index contributed by atoms with van der Waals surface area (Å²) >= 11 is 0. The van der Waals surface area contributed by atoms with Crippen molar-refractivity contribution in [3.63, 3.8) is 0 Å². The van der Waals surface area contributed by atoms with Gasteiger partial charge in [0.05, 0.1) is 5.56 Å². The Morgan fingerprint density at radius 2 is 1.53 bits per heavy atom. The summed E-state index contributed by atoms with van der Waals surface area (Å²) in [7, 11) is 0. The molecular weight excluding hydrogens is 491 g/mol. The number of hydrogen-bond acceptors (Lipinski definition) is 3. The minimum atomic E-state index is -5.18. The van der Waals surface area contributed by atoms with Crippen molar-refractivity contribution in [1.82, 2.24) is 0 Å². The number of aliphatic hydroxyl groups is 1. The lowest BCUT2D eigenvalue weighted by atomic mass is 9.99. The van der Waals surface area contributed by atoms with Gasteiger partial charge in [0.15, 0.2) is 0 Å². The van der Waals surface area contributed by atoms with E-state index in [0.29, 0.717) is 6.07 Å². The fraction of sp³-hybridized carbons (Fsp3) is 0.308. The second-order valence-electron chi connectivity index (χ2n) is 8.60. The number of hydrogen-bond donors (Lipinski definition) is 2. The molecule has 194 valence electrons. The maximum atomic E-state index is 14.1. The number of halogens is 7. The van der Waals surface area contributed by atoms with Gasteiger partial charge < -0.3 is 15.2 Å². The van der Waals surface area contributed by atoms with Crippen LogP contribution in [0.2, 0.25) is 0 Å². The molecular formula is C26H24F7NO2. The molecule has 3 aromatic carbocycles. The lowest BCUT2D eigenvalue weighted by Crippen LogP contribution is -2.52. The summed E-state index contributed by atoms with van der Waals surface area (Å²) in [6.07, 6.45) is -11.7. The molecule has 0 fully saturated rings. The Labute approximate surface area is 203 Å². The number of alkyl halides is 6. The fourth-order valence-electron chi connectivity index (χ4n) is 3.74. The van der Waals surface area contributed by atoms with E-state index in [1.54, 1.807) is 0 Å². The van der Waals surface area contributed by atoms with E-state index in [1.165, 1.54) is 24.3 Å². The third-order valence-electron chi connectivity index (χ3n) is 5.48. The number of benzene rings is 3. The Hall–Kier alpha value is -3.27. The normalized spacial score (nSPS) is 13.8. The largest absolute Gasteiger partial charge is 0.489 e. The first-order valence-corrected chi connectivity index (χ1v) is 10.9. The molecule has 0 aliphatic carbocycles. The summed E-state index contributed by atoms with van der Waals surface area (Å²) in [6, 6.07) is 12.9. The highest BCUT2D eigenvalue weighted by Crippen LogP contribution is 2.37. The van der Waals surface area contributed by atoms with Gasteiger partial charge in [-0.15, -0.1) is 0 Å². The smallest absolute Gasteiger partial charge is 0.436 e. The summed E-state index contributed by atoms with van der Waals surface area (Å²) < 4.78 is 99.3. The van der Waals surface area contributed by atoms with E-state index in [0.717, 1.165) is 22.8 Å². The lowest BCUT2D eigenvalue weighted by Gasteiger charge is -2.32. The molecule has 0 aliphatic heterocycles. The van der Waals surface area contributed by atoms with E-state index >= 15 is 0 Å². The van der Waals surface area contributed by atoms with E-state index in [9.17, 15) is 35.8 Å². The van der Waals surface area contributed by atoms with Gasteiger partial charge >= 0.3 is 12.4 Å². The third-order valence-corrected chi connectivity index (χ3v) is 5.48. The van der Waals surface area contributed by atoms with E-state index in [2.05, 4.69) is 0 Å². The minimum Gasteiger partial charge on any atom is -0.489 e. The van der Waals surface area contributed by atoms with E-state index in [1.807, 2.05) is 37.4 Å². The zero-order valence-corrected chi connectivity index (χ0v) is 19.4. The standard InChI is InChI=1S/C26H24F7NO2/c1-16-10-17(2)12-18(11-16)15-36-22-5-3-4-21(14-22)34-24(35,26(31,32)33)9-8-19-6-7-20(13-23(19)27)25(28,29)30/h3-7,10-14,34-35H,8-9,15H2,1-2H3. The van der Waals surface area contributed by atoms with Gasteiger partial charge in [0.1, 0.15) is 18.2 Å². The molecule has 36 heavy (non-hydrogen) atoms. The van der Waals surface area contributed by atoms with Crippen LogP contribution in [0.25, 0.3) is 0 Å². The average Bonchev–Trinajstić information content (AvgIpc) is 2.75. The van der Waals surface area contributed by atoms with Gasteiger partial charge in [0.2, 0.25) is 5.72 Å². The van der Waals surface area contributed by atoms with Gasteiger partial charge in [-0.2, -0.15) is 26.3 Å². The van der Waals surface area contributed by atoms with Crippen LogP contribution in [0.4, 0.5) is 36.4 Å². The molecule has 0 amide bonds. The maximum Gasteiger partial charge on any atom is 0.436 e. The third kappa shape index (κ3) is 6.90. The number of anilines is 1. The number of ether oxygens (including phenoxy) is 1. The van der Waals surface area contributed by atoms with Gasteiger partial charge in [0, 0.05) is 18.2 Å². The summed E-state index contributed by atoms with van der Waals surface area (Å²) in [5.74, 6) is -1.06. The monoisotopic (exact) mass is 515 g/mol. The van der Waals surface area contributed by atoms with Crippen molar-refractivity contribution in [3.8, 4) is 5.75 Å². The minimum absolute atomic E-state index is 0.111. The molecule has 1 atom stereocenters. The summed E-state index contributed by atoms with van der Waals surface area (Å²) in [4.78, 5) is 0. The van der Waals surface area contributed by atoms with Crippen LogP contribution < -0.4 is 10.1 Å². The maximum absolute atomic E-state index is 14.1. The molecule has 3 aromatic rings. The van der Waals surface area contributed by atoms with Crippen LogP contribution in [0.1, 0.15) is 34.2 Å². The van der Waals surface area contributed by atoms with Gasteiger partial charge in [0.25, 0.3) is 0 Å². The molecule has 3 nitrogen and oxygen atoms in total. The van der Waals surface area contributed by atoms with Gasteiger partial charge in [-0.3, -0.25) is 0 Å². The molecule has 1 unspecified atom stereocenters. The first-order chi connectivity index (χ1) is 16.7. The highest BCUT2D eigenvalue weighted by molar-refractivity contribution is 5.50. The summed E-state index contributed by atoms with van der Waals surface area (Å²) in [5.41, 5.74) is -2.30. The van der Waals surface area contributed by atoms with Crippen LogP contribution in [0, 0.1) is 19.7 Å². The van der Waals surface area contributed by atoms with Crippen LogP contribution in [-0.2, 0) is 19.2 Å². The highest BCUT2D eigenvalue weighted by atomic mass is 19.4. The second kappa shape index (κ2) is 10.4. The van der Waals surface area contributed by atoms with E-state index < -0.39 is 47.9 Å². The average molecular weight is 515 g/mol. The van der Waals surface area contributed by atoms with Crippen molar-refractivity contribution in [2.45, 2.75) is 51.4 Å². The molecule has 3 rings (SSSR count). The Morgan fingerprint density at radius 1 is 0.861 bits per heavy atom. The van der Waals surface area contributed by atoms with Crippen LogP contribution >= 0.6 is 0 Å². The molecule has 0 saturated heterocycles. The molecule has 0 radical (unpaired) electrons. The number of rotatable bonds is 8. The molecule has 2 N–H and O–H groups in total. The number of aryl methyl sites for hydroxylation is 3. The quantitative estimate of drug-likeness (QED) is 0.244. The first-order valence-electron chi connectivity index (χ1n) is 10.9. The van der Waals surface area contributed by atoms with Gasteiger partial charge in [-0.05, 0) is 55.7 Å². The van der Waals surface area contributed by atoms with Gasteiger partial charge in [-0.25, -0.2) is 4.39 Å². The van der Waals surface area contributed by atoms with Crippen molar-refractivity contribution in [1.29, 1.82) is 0 Å². The molecule has 0 saturated carbocycles. The van der Waals surface area contributed by atoms with Crippen LogP contribution in [0.15, 0.2) is 60.7 Å². The first kappa shape index (κ1) is 27.3. The van der Waals surface area contributed by atoms with E-state index in [-0.39, 0.29) is 24.1 Å². The van der Waals surface area contributed by atoms with Crippen molar-refractivity contribution < 1.29 is 40.6 Å². The predicted octanol–water partition coefficient (Wildman–Crippen LogP) is 7.34. The summed E-state index contributed by atoms with van der Waals surface area (Å²) in [6.45, 7) is 4.02. The zero-order valence-electron chi connectivity index (χ0n) is 19.4. The number of nitrogens with one attached hydrogen (secondary N) is 1. The molecule has 0 aliphatic rings. The van der Waals surface area contributed by atoms with Crippen molar-refractivity contribution in [3.05, 3.63) is 94.3 Å². The highest BCUT2D eigenvalue weighted by Gasteiger charge is 2.53. The Morgan fingerprint density at radius 3 is 2.11 bits per heavy atom. The van der Waals surface area contributed by atoms with Crippen molar-refractivity contribution >= 4 is 5.69 Å². The van der Waals surface area contributed by atoms with Crippen LogP contribution in [0.3, 0.4) is 0 Å². The zero-order chi connectivity index (χ0) is 26.7. The predicted molar refractivity (Wildman–Crippen MR) is 121 cm³/mol. The molecule has 0 aromatic heterocycles. The van der Waals surface area contributed by atoms with E-state index in [4.69, 9.17) is 4.74 Å².